The summed E-state index contributed by atoms with van der Waals surface area (Å²) in [5.74, 6) is 0.0634. The van der Waals surface area contributed by atoms with E-state index < -0.39 is 0 Å². The number of aromatic nitrogens is 2. The topological polar surface area (TPSA) is 50.2 Å². The highest BCUT2D eigenvalue weighted by atomic mass is 16.2. The van der Waals surface area contributed by atoms with Crippen LogP contribution >= 0.6 is 0 Å². The SMILES string of the molecule is Cc1ccc2c(c1)c(CNC(=O)C1Cc3ccccc3CN1C)nn2C. The number of rotatable bonds is 3. The number of amides is 1. The Bertz CT molecular complexity index is 975. The summed E-state index contributed by atoms with van der Waals surface area (Å²) >= 11 is 0. The summed E-state index contributed by atoms with van der Waals surface area (Å²) in [6, 6.07) is 14.5. The standard InChI is InChI=1S/C21H24N4O/c1-14-8-9-19-17(10-14)18(23-25(19)3)12-22-21(26)20-11-15-6-4-5-7-16(15)13-24(20)2/h4-10,20H,11-13H2,1-3H3,(H,22,26). The van der Waals surface area contributed by atoms with E-state index in [0.717, 1.165) is 29.6 Å². The molecule has 0 spiro atoms. The molecule has 1 aromatic heterocycles. The molecular weight excluding hydrogens is 324 g/mol. The van der Waals surface area contributed by atoms with Crippen LogP contribution in [0.15, 0.2) is 42.5 Å². The maximum absolute atomic E-state index is 12.8. The second-order valence-electron chi connectivity index (χ2n) is 7.21. The van der Waals surface area contributed by atoms with Crippen LogP contribution in [0.5, 0.6) is 0 Å². The van der Waals surface area contributed by atoms with E-state index in [-0.39, 0.29) is 11.9 Å². The van der Waals surface area contributed by atoms with Gasteiger partial charge in [-0.05, 0) is 43.7 Å². The Morgan fingerprint density at radius 2 is 1.96 bits per heavy atom. The molecule has 0 fully saturated rings. The molecule has 1 amide bonds. The lowest BCUT2D eigenvalue weighted by Gasteiger charge is -2.32. The summed E-state index contributed by atoms with van der Waals surface area (Å²) in [5, 5.41) is 8.80. The van der Waals surface area contributed by atoms with Crippen molar-refractivity contribution in [3.8, 4) is 0 Å². The normalized spacial score (nSPS) is 17.3. The van der Waals surface area contributed by atoms with Gasteiger partial charge < -0.3 is 5.32 Å². The van der Waals surface area contributed by atoms with E-state index >= 15 is 0 Å². The summed E-state index contributed by atoms with van der Waals surface area (Å²) < 4.78 is 1.87. The van der Waals surface area contributed by atoms with Crippen molar-refractivity contribution in [3.63, 3.8) is 0 Å². The Hall–Kier alpha value is -2.66. The van der Waals surface area contributed by atoms with Crippen molar-refractivity contribution in [2.75, 3.05) is 7.05 Å². The third-order valence-electron chi connectivity index (χ3n) is 5.30. The van der Waals surface area contributed by atoms with Gasteiger partial charge in [0.25, 0.3) is 0 Å². The van der Waals surface area contributed by atoms with Crippen LogP contribution in [0.25, 0.3) is 10.9 Å². The van der Waals surface area contributed by atoms with Gasteiger partial charge in [0.1, 0.15) is 0 Å². The Morgan fingerprint density at radius 1 is 1.19 bits per heavy atom. The van der Waals surface area contributed by atoms with Gasteiger partial charge in [-0.2, -0.15) is 5.10 Å². The first kappa shape index (κ1) is 16.8. The van der Waals surface area contributed by atoms with Crippen LogP contribution in [-0.4, -0.2) is 33.7 Å². The van der Waals surface area contributed by atoms with E-state index in [1.807, 2.05) is 24.8 Å². The lowest BCUT2D eigenvalue weighted by Crippen LogP contribution is -2.48. The van der Waals surface area contributed by atoms with Gasteiger partial charge in [0.15, 0.2) is 0 Å². The number of carbonyl (C=O) groups is 1. The first-order valence-corrected chi connectivity index (χ1v) is 9.00. The Labute approximate surface area is 153 Å². The molecule has 5 heteroatoms. The first-order chi connectivity index (χ1) is 12.5. The van der Waals surface area contributed by atoms with Crippen molar-refractivity contribution in [1.29, 1.82) is 0 Å². The molecule has 1 atom stereocenters. The maximum Gasteiger partial charge on any atom is 0.238 e. The smallest absolute Gasteiger partial charge is 0.238 e. The second-order valence-corrected chi connectivity index (χ2v) is 7.21. The second kappa shape index (κ2) is 6.57. The lowest BCUT2D eigenvalue weighted by molar-refractivity contribution is -0.126. The molecule has 1 N–H and O–H groups in total. The molecule has 3 aromatic rings. The van der Waals surface area contributed by atoms with Crippen LogP contribution in [0.3, 0.4) is 0 Å². The fourth-order valence-electron chi connectivity index (χ4n) is 3.82. The number of aryl methyl sites for hydroxylation is 2. The van der Waals surface area contributed by atoms with Crippen molar-refractivity contribution in [3.05, 3.63) is 64.8 Å². The van der Waals surface area contributed by atoms with Crippen molar-refractivity contribution < 1.29 is 4.79 Å². The zero-order valence-electron chi connectivity index (χ0n) is 15.5. The summed E-state index contributed by atoms with van der Waals surface area (Å²) in [6.07, 6.45) is 0.751. The zero-order chi connectivity index (χ0) is 18.3. The zero-order valence-corrected chi connectivity index (χ0v) is 15.5. The Kier molecular flexibility index (Phi) is 4.24. The van der Waals surface area contributed by atoms with Crippen LogP contribution in [0, 0.1) is 6.92 Å². The van der Waals surface area contributed by atoms with Crippen LogP contribution in [0.1, 0.15) is 22.4 Å². The lowest BCUT2D eigenvalue weighted by atomic mass is 9.94. The molecule has 5 nitrogen and oxygen atoms in total. The molecule has 0 aliphatic carbocycles. The molecule has 1 aliphatic heterocycles. The highest BCUT2D eigenvalue weighted by molar-refractivity contribution is 5.85. The summed E-state index contributed by atoms with van der Waals surface area (Å²) in [4.78, 5) is 14.9. The third kappa shape index (κ3) is 2.99. The number of nitrogens with one attached hydrogen (secondary N) is 1. The summed E-state index contributed by atoms with van der Waals surface area (Å²) in [6.45, 7) is 3.33. The molecular formula is C21H24N4O. The molecule has 0 saturated heterocycles. The van der Waals surface area contributed by atoms with Gasteiger partial charge in [0.05, 0.1) is 23.8 Å². The van der Waals surface area contributed by atoms with Gasteiger partial charge >= 0.3 is 0 Å². The predicted molar refractivity (Wildman–Crippen MR) is 103 cm³/mol. The number of likely N-dealkylation sites (N-methyl/N-ethyl adjacent to an activating group) is 1. The third-order valence-corrected chi connectivity index (χ3v) is 5.30. The quantitative estimate of drug-likeness (QED) is 0.791. The number of benzene rings is 2. The number of hydrogen-bond acceptors (Lipinski definition) is 3. The largest absolute Gasteiger partial charge is 0.349 e. The highest BCUT2D eigenvalue weighted by Gasteiger charge is 2.28. The maximum atomic E-state index is 12.8. The van der Waals surface area contributed by atoms with Crippen LogP contribution in [-0.2, 0) is 31.4 Å². The average molecular weight is 348 g/mol. The van der Waals surface area contributed by atoms with E-state index in [4.69, 9.17) is 0 Å². The number of fused-ring (bicyclic) bond motifs is 2. The monoisotopic (exact) mass is 348 g/mol. The minimum absolute atomic E-state index is 0.0634. The Balaban J connectivity index is 1.50. The van der Waals surface area contributed by atoms with Gasteiger partial charge in [-0.3, -0.25) is 14.4 Å². The van der Waals surface area contributed by atoms with E-state index in [1.165, 1.54) is 16.7 Å². The van der Waals surface area contributed by atoms with Crippen molar-refractivity contribution in [1.82, 2.24) is 20.0 Å². The summed E-state index contributed by atoms with van der Waals surface area (Å²) in [7, 11) is 3.95. The fourth-order valence-corrected chi connectivity index (χ4v) is 3.82. The average Bonchev–Trinajstić information content (AvgIpc) is 2.94. The summed E-state index contributed by atoms with van der Waals surface area (Å²) in [5.41, 5.74) is 5.78. The van der Waals surface area contributed by atoms with E-state index in [9.17, 15) is 4.79 Å². The van der Waals surface area contributed by atoms with Crippen molar-refractivity contribution in [2.45, 2.75) is 32.5 Å². The van der Waals surface area contributed by atoms with Gasteiger partial charge in [0, 0.05) is 19.0 Å². The highest BCUT2D eigenvalue weighted by Crippen LogP contribution is 2.23. The molecule has 1 unspecified atom stereocenters. The molecule has 134 valence electrons. The first-order valence-electron chi connectivity index (χ1n) is 9.00. The van der Waals surface area contributed by atoms with Crippen LogP contribution < -0.4 is 5.32 Å². The van der Waals surface area contributed by atoms with Crippen LogP contribution in [0.4, 0.5) is 0 Å². The molecule has 0 radical (unpaired) electrons. The van der Waals surface area contributed by atoms with E-state index in [0.29, 0.717) is 6.54 Å². The molecule has 2 aromatic carbocycles. The van der Waals surface area contributed by atoms with Gasteiger partial charge in [-0.25, -0.2) is 0 Å². The minimum Gasteiger partial charge on any atom is -0.349 e. The number of hydrogen-bond donors (Lipinski definition) is 1. The van der Waals surface area contributed by atoms with E-state index in [1.54, 1.807) is 0 Å². The van der Waals surface area contributed by atoms with Gasteiger partial charge in [-0.15, -0.1) is 0 Å². The molecule has 26 heavy (non-hydrogen) atoms. The minimum atomic E-state index is -0.137. The number of nitrogens with zero attached hydrogens (tertiary/aromatic N) is 3. The Morgan fingerprint density at radius 3 is 2.77 bits per heavy atom. The van der Waals surface area contributed by atoms with Gasteiger partial charge in [0.2, 0.25) is 5.91 Å². The predicted octanol–water partition coefficient (Wildman–Crippen LogP) is 2.55. The molecule has 1 aliphatic rings. The van der Waals surface area contributed by atoms with Gasteiger partial charge in [-0.1, -0.05) is 35.9 Å². The molecule has 0 bridgehead atoms. The molecule has 4 rings (SSSR count). The van der Waals surface area contributed by atoms with Crippen molar-refractivity contribution >= 4 is 16.8 Å². The van der Waals surface area contributed by atoms with E-state index in [2.05, 4.69) is 58.6 Å². The van der Waals surface area contributed by atoms with Crippen molar-refractivity contribution in [2.24, 2.45) is 7.05 Å². The van der Waals surface area contributed by atoms with Crippen LogP contribution in [0.2, 0.25) is 0 Å². The molecule has 2 heterocycles. The fraction of sp³-hybridized carbons (Fsp3) is 0.333. The number of carbonyl (C=O) groups excluding carboxylic acids is 1. The molecule has 0 saturated carbocycles.